The number of hydrogen-bond acceptors (Lipinski definition) is 2. The zero-order valence-electron chi connectivity index (χ0n) is 11.0. The van der Waals surface area contributed by atoms with Crippen LogP contribution in [-0.2, 0) is 0 Å². The number of anilines is 1. The Hall–Kier alpha value is -2.40. The number of aryl methyl sites for hydroxylation is 1. The Morgan fingerprint density at radius 3 is 2.52 bits per heavy atom. The zero-order chi connectivity index (χ0) is 15.6. The fourth-order valence-corrected chi connectivity index (χ4v) is 2.07. The topological polar surface area (TPSA) is 66.4 Å². The van der Waals surface area contributed by atoms with Crippen LogP contribution >= 0.6 is 11.6 Å². The second-order valence-electron chi connectivity index (χ2n) is 4.44. The number of nitrogens with one attached hydrogen (secondary N) is 1. The number of benzene rings is 2. The quantitative estimate of drug-likeness (QED) is 0.907. The molecular formula is C15H11ClFNO3. The number of halogens is 2. The third-order valence-electron chi connectivity index (χ3n) is 2.83. The largest absolute Gasteiger partial charge is 0.478 e. The van der Waals surface area contributed by atoms with E-state index in [1.807, 2.05) is 6.92 Å². The Kier molecular flexibility index (Phi) is 4.23. The van der Waals surface area contributed by atoms with Gasteiger partial charge in [-0.15, -0.1) is 0 Å². The van der Waals surface area contributed by atoms with Crippen molar-refractivity contribution in [2.45, 2.75) is 6.92 Å². The monoisotopic (exact) mass is 307 g/mol. The fraction of sp³-hybridized carbons (Fsp3) is 0.0667. The molecule has 0 saturated carbocycles. The van der Waals surface area contributed by atoms with Crippen LogP contribution in [0.5, 0.6) is 0 Å². The molecule has 0 atom stereocenters. The van der Waals surface area contributed by atoms with E-state index in [4.69, 9.17) is 16.7 Å². The Balaban J connectivity index is 2.31. The summed E-state index contributed by atoms with van der Waals surface area (Å²) in [5.74, 6) is -2.54. The minimum Gasteiger partial charge on any atom is -0.478 e. The minimum atomic E-state index is -1.21. The number of carboxylic acid groups (broad SMARTS) is 1. The molecule has 4 nitrogen and oxygen atoms in total. The average Bonchev–Trinajstić information content (AvgIpc) is 2.40. The highest BCUT2D eigenvalue weighted by Crippen LogP contribution is 2.21. The van der Waals surface area contributed by atoms with Gasteiger partial charge in [0.05, 0.1) is 21.8 Å². The summed E-state index contributed by atoms with van der Waals surface area (Å²) in [6.45, 7) is 1.82. The molecule has 2 rings (SSSR count). The molecule has 1 amide bonds. The maximum absolute atomic E-state index is 13.6. The van der Waals surface area contributed by atoms with Crippen LogP contribution in [0.3, 0.4) is 0 Å². The predicted octanol–water partition coefficient (Wildman–Crippen LogP) is 3.74. The van der Waals surface area contributed by atoms with E-state index in [0.717, 1.165) is 23.8 Å². The van der Waals surface area contributed by atoms with E-state index in [2.05, 4.69) is 5.32 Å². The van der Waals surface area contributed by atoms with Gasteiger partial charge in [-0.3, -0.25) is 4.79 Å². The number of carbonyl (C=O) groups excluding carboxylic acids is 1. The van der Waals surface area contributed by atoms with Gasteiger partial charge in [-0.1, -0.05) is 17.7 Å². The summed E-state index contributed by atoms with van der Waals surface area (Å²) in [4.78, 5) is 22.9. The molecule has 0 aromatic heterocycles. The van der Waals surface area contributed by atoms with Crippen LogP contribution in [0, 0.1) is 12.7 Å². The highest BCUT2D eigenvalue weighted by molar-refractivity contribution is 6.34. The molecule has 0 aliphatic heterocycles. The van der Waals surface area contributed by atoms with Crippen LogP contribution in [0.4, 0.5) is 10.1 Å². The summed E-state index contributed by atoms with van der Waals surface area (Å²) < 4.78 is 13.6. The van der Waals surface area contributed by atoms with Crippen molar-refractivity contribution in [1.82, 2.24) is 0 Å². The van der Waals surface area contributed by atoms with E-state index in [1.54, 1.807) is 12.1 Å². The summed E-state index contributed by atoms with van der Waals surface area (Å²) in [7, 11) is 0. The van der Waals surface area contributed by atoms with Gasteiger partial charge in [0.1, 0.15) is 5.82 Å². The molecule has 6 heteroatoms. The maximum atomic E-state index is 13.6. The molecule has 0 bridgehead atoms. The minimum absolute atomic E-state index is 0.123. The lowest BCUT2D eigenvalue weighted by atomic mass is 10.1. The second-order valence-corrected chi connectivity index (χ2v) is 4.84. The maximum Gasteiger partial charge on any atom is 0.335 e. The van der Waals surface area contributed by atoms with E-state index in [-0.39, 0.29) is 21.8 Å². The van der Waals surface area contributed by atoms with Crippen LogP contribution in [0.1, 0.15) is 26.3 Å². The SMILES string of the molecule is Cc1ccc(C(=O)Nc2cc(C(=O)O)ccc2F)c(Cl)c1. The van der Waals surface area contributed by atoms with Gasteiger partial charge in [0, 0.05) is 0 Å². The first-order valence-electron chi connectivity index (χ1n) is 5.99. The molecule has 2 aromatic rings. The third kappa shape index (κ3) is 3.38. The van der Waals surface area contributed by atoms with E-state index in [0.29, 0.717) is 0 Å². The van der Waals surface area contributed by atoms with Gasteiger partial charge in [0.25, 0.3) is 5.91 Å². The van der Waals surface area contributed by atoms with Gasteiger partial charge in [-0.2, -0.15) is 0 Å². The van der Waals surface area contributed by atoms with Crippen molar-refractivity contribution >= 4 is 29.2 Å². The third-order valence-corrected chi connectivity index (χ3v) is 3.14. The van der Waals surface area contributed by atoms with E-state index in [1.165, 1.54) is 6.07 Å². The number of amides is 1. The smallest absolute Gasteiger partial charge is 0.335 e. The number of carbonyl (C=O) groups is 2. The standard InChI is InChI=1S/C15H11ClFNO3/c1-8-2-4-10(11(16)6-8)14(19)18-13-7-9(15(20)21)3-5-12(13)17/h2-7H,1H3,(H,18,19)(H,20,21). The van der Waals surface area contributed by atoms with E-state index < -0.39 is 17.7 Å². The molecule has 0 aliphatic carbocycles. The van der Waals surface area contributed by atoms with Crippen molar-refractivity contribution in [3.8, 4) is 0 Å². The lowest BCUT2D eigenvalue weighted by Gasteiger charge is -2.09. The second kappa shape index (κ2) is 5.93. The molecule has 108 valence electrons. The van der Waals surface area contributed by atoms with Gasteiger partial charge in [-0.25, -0.2) is 9.18 Å². The summed E-state index contributed by atoms with van der Waals surface area (Å²) in [6.07, 6.45) is 0. The first-order chi connectivity index (χ1) is 9.88. The van der Waals surface area contributed by atoms with Crippen LogP contribution in [-0.4, -0.2) is 17.0 Å². The first-order valence-corrected chi connectivity index (χ1v) is 6.36. The predicted molar refractivity (Wildman–Crippen MR) is 77.5 cm³/mol. The van der Waals surface area contributed by atoms with Gasteiger partial charge in [-0.05, 0) is 42.8 Å². The Labute approximate surface area is 125 Å². The van der Waals surface area contributed by atoms with Crippen molar-refractivity contribution in [1.29, 1.82) is 0 Å². The normalized spacial score (nSPS) is 10.2. The van der Waals surface area contributed by atoms with Crippen molar-refractivity contribution < 1.29 is 19.1 Å². The first kappa shape index (κ1) is 15.0. The number of carboxylic acids is 1. The Morgan fingerprint density at radius 2 is 1.90 bits per heavy atom. The molecule has 0 fully saturated rings. The van der Waals surface area contributed by atoms with Crippen LogP contribution in [0.15, 0.2) is 36.4 Å². The number of rotatable bonds is 3. The summed E-state index contributed by atoms with van der Waals surface area (Å²) in [5, 5.41) is 11.4. The fourth-order valence-electron chi connectivity index (χ4n) is 1.75. The van der Waals surface area contributed by atoms with Gasteiger partial charge in [0.15, 0.2) is 0 Å². The lowest BCUT2D eigenvalue weighted by Crippen LogP contribution is -2.14. The average molecular weight is 308 g/mol. The molecule has 0 aliphatic rings. The van der Waals surface area contributed by atoms with Gasteiger partial charge < -0.3 is 10.4 Å². The van der Waals surface area contributed by atoms with Crippen molar-refractivity contribution in [2.75, 3.05) is 5.32 Å². The molecule has 0 unspecified atom stereocenters. The van der Waals surface area contributed by atoms with E-state index >= 15 is 0 Å². The van der Waals surface area contributed by atoms with Crippen molar-refractivity contribution in [2.24, 2.45) is 0 Å². The highest BCUT2D eigenvalue weighted by Gasteiger charge is 2.14. The summed E-state index contributed by atoms with van der Waals surface area (Å²) >= 11 is 5.96. The zero-order valence-corrected chi connectivity index (χ0v) is 11.7. The van der Waals surface area contributed by atoms with Gasteiger partial charge in [0.2, 0.25) is 0 Å². The van der Waals surface area contributed by atoms with E-state index in [9.17, 15) is 14.0 Å². The molecule has 21 heavy (non-hydrogen) atoms. The molecule has 0 saturated heterocycles. The molecule has 0 spiro atoms. The Morgan fingerprint density at radius 1 is 1.19 bits per heavy atom. The molecular weight excluding hydrogens is 297 g/mol. The molecule has 0 heterocycles. The van der Waals surface area contributed by atoms with Crippen LogP contribution in [0.25, 0.3) is 0 Å². The molecule has 2 N–H and O–H groups in total. The van der Waals surface area contributed by atoms with Crippen LogP contribution < -0.4 is 5.32 Å². The van der Waals surface area contributed by atoms with Crippen molar-refractivity contribution in [3.05, 3.63) is 63.9 Å². The Bertz CT molecular complexity index is 731. The van der Waals surface area contributed by atoms with Crippen molar-refractivity contribution in [3.63, 3.8) is 0 Å². The molecule has 0 radical (unpaired) electrons. The highest BCUT2D eigenvalue weighted by atomic mass is 35.5. The summed E-state index contributed by atoms with van der Waals surface area (Å²) in [5.41, 5.74) is 0.733. The molecule has 2 aromatic carbocycles. The van der Waals surface area contributed by atoms with Gasteiger partial charge >= 0.3 is 5.97 Å². The summed E-state index contributed by atoms with van der Waals surface area (Å²) in [6, 6.07) is 7.98. The number of aromatic carboxylic acids is 1. The lowest BCUT2D eigenvalue weighted by molar-refractivity contribution is 0.0696. The number of hydrogen-bond donors (Lipinski definition) is 2. The van der Waals surface area contributed by atoms with Crippen LogP contribution in [0.2, 0.25) is 5.02 Å².